The van der Waals surface area contributed by atoms with E-state index in [0.717, 1.165) is 44.9 Å². The van der Waals surface area contributed by atoms with Crippen LogP contribution in [0, 0.1) is 0 Å². The highest BCUT2D eigenvalue weighted by Gasteiger charge is 2.26. The van der Waals surface area contributed by atoms with E-state index in [2.05, 4.69) is 50.3 Å². The predicted molar refractivity (Wildman–Crippen MR) is 294 cm³/mol. The second kappa shape index (κ2) is 55.5. The van der Waals surface area contributed by atoms with Gasteiger partial charge in [-0.25, -0.2) is 4.57 Å². The molecule has 0 heterocycles. The number of rotatable bonds is 56. The lowest BCUT2D eigenvalue weighted by molar-refractivity contribution is -0.161. The van der Waals surface area contributed by atoms with Crippen LogP contribution in [0.3, 0.4) is 0 Å². The van der Waals surface area contributed by atoms with Gasteiger partial charge >= 0.3 is 19.8 Å². The minimum absolute atomic E-state index is 0.0558. The summed E-state index contributed by atoms with van der Waals surface area (Å²) in [5, 5.41) is 0. The Labute approximate surface area is 426 Å². The minimum Gasteiger partial charge on any atom is -0.462 e. The van der Waals surface area contributed by atoms with Crippen molar-refractivity contribution < 1.29 is 37.6 Å². The Bertz CT molecular complexity index is 1220. The minimum atomic E-state index is -4.38. The standard InChI is InChI=1S/C59H112NO8P/c1-3-5-7-9-11-13-15-17-19-20-21-22-23-24-25-26-27-28-29-30-31-32-33-34-35-36-38-40-42-44-46-48-50-52-59(62)68-57(56-67-69(63,64)66-54-53-60)55-65-58(61)51-49-47-45-43-41-39-37-18-16-14-12-10-8-6-4-2/h15,17,20-21,23-24,57H,3-14,16,18-19,22,25-56,60H2,1-2H3,(H,63,64)/b17-15-,21-20-,24-23-. The van der Waals surface area contributed by atoms with E-state index in [1.807, 2.05) is 0 Å². The van der Waals surface area contributed by atoms with Gasteiger partial charge in [0.25, 0.3) is 0 Å². The van der Waals surface area contributed by atoms with Crippen molar-refractivity contribution in [2.45, 2.75) is 302 Å². The normalized spacial score (nSPS) is 13.3. The van der Waals surface area contributed by atoms with Gasteiger partial charge in [0.15, 0.2) is 6.10 Å². The molecular formula is C59H112NO8P. The van der Waals surface area contributed by atoms with Gasteiger partial charge < -0.3 is 20.1 Å². The third-order valence-corrected chi connectivity index (χ3v) is 14.0. The number of unbranched alkanes of at least 4 members (excludes halogenated alkanes) is 37. The van der Waals surface area contributed by atoms with Crippen LogP contribution in [0.1, 0.15) is 296 Å². The average Bonchev–Trinajstić information content (AvgIpc) is 3.34. The zero-order valence-corrected chi connectivity index (χ0v) is 46.2. The summed E-state index contributed by atoms with van der Waals surface area (Å²) < 4.78 is 33.0. The Kier molecular flexibility index (Phi) is 54.1. The summed E-state index contributed by atoms with van der Waals surface area (Å²) in [5.41, 5.74) is 5.38. The maximum absolute atomic E-state index is 12.7. The highest BCUT2D eigenvalue weighted by atomic mass is 31.2. The van der Waals surface area contributed by atoms with Gasteiger partial charge in [-0.15, -0.1) is 0 Å². The van der Waals surface area contributed by atoms with Crippen molar-refractivity contribution in [2.24, 2.45) is 5.73 Å². The second-order valence-corrected chi connectivity index (χ2v) is 21.3. The first-order valence-electron chi connectivity index (χ1n) is 29.5. The third-order valence-electron chi connectivity index (χ3n) is 13.0. The van der Waals surface area contributed by atoms with E-state index >= 15 is 0 Å². The van der Waals surface area contributed by atoms with Gasteiger partial charge in [-0.3, -0.25) is 18.6 Å². The number of hydrogen-bond acceptors (Lipinski definition) is 8. The summed E-state index contributed by atoms with van der Waals surface area (Å²) >= 11 is 0. The Balaban J connectivity index is 3.85. The lowest BCUT2D eigenvalue weighted by Crippen LogP contribution is -2.29. The number of ether oxygens (including phenoxy) is 2. The van der Waals surface area contributed by atoms with Crippen LogP contribution in [0.15, 0.2) is 36.5 Å². The summed E-state index contributed by atoms with van der Waals surface area (Å²) in [6, 6.07) is 0. The number of nitrogens with two attached hydrogens (primary N) is 1. The predicted octanol–water partition coefficient (Wildman–Crippen LogP) is 18.4. The first-order valence-corrected chi connectivity index (χ1v) is 31.0. The van der Waals surface area contributed by atoms with Crippen LogP contribution >= 0.6 is 7.82 Å². The fourth-order valence-electron chi connectivity index (χ4n) is 8.65. The van der Waals surface area contributed by atoms with Crippen molar-refractivity contribution in [1.29, 1.82) is 0 Å². The molecule has 0 fully saturated rings. The Morgan fingerprint density at radius 1 is 0.435 bits per heavy atom. The largest absolute Gasteiger partial charge is 0.472 e. The third kappa shape index (κ3) is 55.4. The topological polar surface area (TPSA) is 134 Å². The smallest absolute Gasteiger partial charge is 0.462 e. The fourth-order valence-corrected chi connectivity index (χ4v) is 9.41. The van der Waals surface area contributed by atoms with Crippen LogP contribution in [0.5, 0.6) is 0 Å². The molecule has 0 rings (SSSR count). The van der Waals surface area contributed by atoms with Crippen LogP contribution in [0.2, 0.25) is 0 Å². The molecule has 10 heteroatoms. The van der Waals surface area contributed by atoms with Crippen molar-refractivity contribution in [3.05, 3.63) is 36.5 Å². The maximum Gasteiger partial charge on any atom is 0.472 e. The van der Waals surface area contributed by atoms with Crippen LogP contribution in [-0.4, -0.2) is 49.3 Å². The molecule has 2 atom stereocenters. The quantitative estimate of drug-likeness (QED) is 0.0264. The summed E-state index contributed by atoms with van der Waals surface area (Å²) in [4.78, 5) is 35.1. The molecule has 2 unspecified atom stereocenters. The Morgan fingerprint density at radius 2 is 0.754 bits per heavy atom. The van der Waals surface area contributed by atoms with Crippen molar-refractivity contribution in [3.63, 3.8) is 0 Å². The molecule has 0 aliphatic rings. The molecule has 0 radical (unpaired) electrons. The maximum atomic E-state index is 12.7. The van der Waals surface area contributed by atoms with E-state index in [1.54, 1.807) is 0 Å². The monoisotopic (exact) mass is 994 g/mol. The molecule has 0 aromatic rings. The summed E-state index contributed by atoms with van der Waals surface area (Å²) in [6.45, 7) is 3.78. The van der Waals surface area contributed by atoms with Crippen LogP contribution in [-0.2, 0) is 32.7 Å². The van der Waals surface area contributed by atoms with Crippen LogP contribution < -0.4 is 5.73 Å². The van der Waals surface area contributed by atoms with E-state index in [9.17, 15) is 19.0 Å². The molecule has 0 amide bonds. The average molecular weight is 995 g/mol. The van der Waals surface area contributed by atoms with Gasteiger partial charge in [-0.1, -0.05) is 269 Å². The van der Waals surface area contributed by atoms with Gasteiger partial charge in [-0.05, 0) is 51.4 Å². The molecule has 3 N–H and O–H groups in total. The number of phosphoric acid groups is 1. The van der Waals surface area contributed by atoms with E-state index in [4.69, 9.17) is 24.3 Å². The van der Waals surface area contributed by atoms with Gasteiger partial charge in [0.05, 0.1) is 13.2 Å². The molecule has 0 aromatic carbocycles. The molecule has 0 aliphatic heterocycles. The summed E-state index contributed by atoms with van der Waals surface area (Å²) in [5.74, 6) is -0.812. The first kappa shape index (κ1) is 67.2. The lowest BCUT2D eigenvalue weighted by Gasteiger charge is -2.19. The molecule has 0 bridgehead atoms. The second-order valence-electron chi connectivity index (χ2n) is 19.9. The summed E-state index contributed by atoms with van der Waals surface area (Å²) in [7, 11) is -4.38. The Hall–Kier alpha value is -1.77. The van der Waals surface area contributed by atoms with E-state index < -0.39 is 26.5 Å². The number of hydrogen-bond donors (Lipinski definition) is 2. The van der Waals surface area contributed by atoms with Gasteiger partial charge in [-0.2, -0.15) is 0 Å². The van der Waals surface area contributed by atoms with Crippen molar-refractivity contribution in [1.82, 2.24) is 0 Å². The zero-order valence-electron chi connectivity index (χ0n) is 45.3. The van der Waals surface area contributed by atoms with Crippen LogP contribution in [0.25, 0.3) is 0 Å². The lowest BCUT2D eigenvalue weighted by atomic mass is 10.0. The molecule has 0 saturated heterocycles. The number of carbonyl (C=O) groups is 2. The number of carbonyl (C=O) groups excluding carboxylic acids is 2. The van der Waals surface area contributed by atoms with Crippen LogP contribution in [0.4, 0.5) is 0 Å². The van der Waals surface area contributed by atoms with Crippen molar-refractivity contribution in [3.8, 4) is 0 Å². The highest BCUT2D eigenvalue weighted by Crippen LogP contribution is 2.43. The number of phosphoric ester groups is 1. The van der Waals surface area contributed by atoms with Gasteiger partial charge in [0.1, 0.15) is 6.61 Å². The molecule has 406 valence electrons. The zero-order chi connectivity index (χ0) is 50.2. The number of esters is 2. The van der Waals surface area contributed by atoms with Crippen molar-refractivity contribution >= 4 is 19.8 Å². The van der Waals surface area contributed by atoms with Crippen molar-refractivity contribution in [2.75, 3.05) is 26.4 Å². The summed E-state index contributed by atoms with van der Waals surface area (Å²) in [6.07, 6.45) is 66.4. The molecule has 0 aromatic heterocycles. The molecule has 9 nitrogen and oxygen atoms in total. The van der Waals surface area contributed by atoms with E-state index in [0.29, 0.717) is 6.42 Å². The molecular weight excluding hydrogens is 882 g/mol. The van der Waals surface area contributed by atoms with Gasteiger partial charge in [0.2, 0.25) is 0 Å². The fraction of sp³-hybridized carbons (Fsp3) is 0.864. The Morgan fingerprint density at radius 3 is 1.12 bits per heavy atom. The molecule has 69 heavy (non-hydrogen) atoms. The first-order chi connectivity index (χ1) is 33.8. The molecule has 0 spiro atoms. The number of allylic oxidation sites excluding steroid dienone is 6. The van der Waals surface area contributed by atoms with Gasteiger partial charge in [0, 0.05) is 19.4 Å². The molecule has 0 aliphatic carbocycles. The SMILES string of the molecule is CCCCCCC/C=C\C/C=C\C/C=C\CCCCCCCCCCCCCCCCCCCCC(=O)OC(COC(=O)CCCCCCCCCCCCCCCCC)COP(=O)(O)OCCN. The van der Waals surface area contributed by atoms with E-state index in [1.165, 1.54) is 218 Å². The van der Waals surface area contributed by atoms with E-state index in [-0.39, 0.29) is 38.6 Å². The highest BCUT2D eigenvalue weighted by molar-refractivity contribution is 7.47. The molecule has 0 saturated carbocycles.